The van der Waals surface area contributed by atoms with Crippen LogP contribution in [0.15, 0.2) is 17.0 Å². The van der Waals surface area contributed by atoms with Gasteiger partial charge in [0.1, 0.15) is 0 Å². The normalized spacial score (nSPS) is 11.4. The van der Waals surface area contributed by atoms with Crippen LogP contribution < -0.4 is 0 Å². The minimum absolute atomic E-state index is 0.134. The van der Waals surface area contributed by atoms with Crippen LogP contribution >= 0.6 is 0 Å². The summed E-state index contributed by atoms with van der Waals surface area (Å²) in [6, 6.07) is 3.29. The third-order valence-corrected chi connectivity index (χ3v) is 4.90. The van der Waals surface area contributed by atoms with Crippen molar-refractivity contribution in [2.75, 3.05) is 12.4 Å². The van der Waals surface area contributed by atoms with Gasteiger partial charge in [-0.2, -0.15) is 0 Å². The van der Waals surface area contributed by atoms with E-state index in [1.165, 1.54) is 0 Å². The zero-order valence-electron chi connectivity index (χ0n) is 12.0. The van der Waals surface area contributed by atoms with E-state index in [0.717, 1.165) is 0 Å². The maximum absolute atomic E-state index is 12.3. The molecule has 0 saturated carbocycles. The number of esters is 1. The summed E-state index contributed by atoms with van der Waals surface area (Å²) >= 11 is 0. The Balaban J connectivity index is 3.01. The van der Waals surface area contributed by atoms with Crippen molar-refractivity contribution in [2.45, 2.75) is 38.7 Å². The molecular weight excluding hydrogens is 280 g/mol. The predicted molar refractivity (Wildman–Crippen MR) is 75.1 cm³/mol. The Bertz CT molecular complexity index is 567. The van der Waals surface area contributed by atoms with Crippen LogP contribution in [0.3, 0.4) is 0 Å². The van der Waals surface area contributed by atoms with Crippen molar-refractivity contribution < 1.29 is 23.1 Å². The van der Waals surface area contributed by atoms with Gasteiger partial charge >= 0.3 is 5.97 Å². The number of ether oxygens (including phenoxy) is 1. The topological polar surface area (TPSA) is 80.7 Å². The van der Waals surface area contributed by atoms with Crippen molar-refractivity contribution in [3.05, 3.63) is 28.8 Å². The number of aryl methyl sites for hydroxylation is 2. The molecule has 0 heterocycles. The number of carbonyl (C=O) groups is 1. The monoisotopic (exact) mass is 300 g/mol. The average molecular weight is 300 g/mol. The van der Waals surface area contributed by atoms with E-state index in [1.807, 2.05) is 0 Å². The molecule has 0 aliphatic carbocycles. The molecule has 0 atom stereocenters. The second-order valence-electron chi connectivity index (χ2n) is 4.59. The number of hydrogen-bond donors (Lipinski definition) is 1. The maximum Gasteiger partial charge on any atom is 0.306 e. The number of hydrogen-bond acceptors (Lipinski definition) is 5. The van der Waals surface area contributed by atoms with Gasteiger partial charge in [0, 0.05) is 0 Å². The molecule has 0 bridgehead atoms. The molecule has 1 N–H and O–H groups in total. The zero-order chi connectivity index (χ0) is 15.3. The highest BCUT2D eigenvalue weighted by molar-refractivity contribution is 7.91. The molecule has 20 heavy (non-hydrogen) atoms. The largest absolute Gasteiger partial charge is 0.466 e. The quantitative estimate of drug-likeness (QED) is 0.806. The number of sulfone groups is 1. The van der Waals surface area contributed by atoms with Gasteiger partial charge in [-0.1, -0.05) is 12.1 Å². The summed E-state index contributed by atoms with van der Waals surface area (Å²) in [5.74, 6) is -0.787. The van der Waals surface area contributed by atoms with Gasteiger partial charge in [0.15, 0.2) is 9.84 Å². The smallest absolute Gasteiger partial charge is 0.306 e. The minimum atomic E-state index is -3.54. The van der Waals surface area contributed by atoms with Crippen molar-refractivity contribution in [1.29, 1.82) is 0 Å². The van der Waals surface area contributed by atoms with Crippen LogP contribution in [0.25, 0.3) is 0 Å². The van der Waals surface area contributed by atoms with Crippen molar-refractivity contribution in [3.63, 3.8) is 0 Å². The van der Waals surface area contributed by atoms with Gasteiger partial charge in [-0.25, -0.2) is 8.42 Å². The van der Waals surface area contributed by atoms with E-state index in [1.54, 1.807) is 32.9 Å². The lowest BCUT2D eigenvalue weighted by atomic mass is 10.1. The average Bonchev–Trinajstić information content (AvgIpc) is 2.35. The summed E-state index contributed by atoms with van der Waals surface area (Å²) in [6.07, 6.45) is -0.156. The number of benzene rings is 1. The van der Waals surface area contributed by atoms with E-state index in [9.17, 15) is 13.2 Å². The molecule has 0 fully saturated rings. The Kier molecular flexibility index (Phi) is 5.71. The van der Waals surface area contributed by atoms with Crippen LogP contribution in [0.1, 0.15) is 30.0 Å². The molecule has 0 aromatic heterocycles. The van der Waals surface area contributed by atoms with Gasteiger partial charge in [-0.3, -0.25) is 4.79 Å². The summed E-state index contributed by atoms with van der Waals surface area (Å²) in [5, 5.41) is 9.10. The molecule has 0 aliphatic heterocycles. The number of aliphatic hydroxyl groups is 1. The third-order valence-electron chi connectivity index (χ3n) is 2.89. The fourth-order valence-electron chi connectivity index (χ4n) is 2.17. The van der Waals surface area contributed by atoms with Crippen LogP contribution in [0, 0.1) is 13.8 Å². The SMILES string of the molecule is CCOC(=O)CCS(=O)(=O)c1c(C)cc(CO)cc1C. The number of aliphatic hydroxyl groups excluding tert-OH is 1. The van der Waals surface area contributed by atoms with Crippen molar-refractivity contribution in [3.8, 4) is 0 Å². The molecule has 0 spiro atoms. The Hall–Kier alpha value is -1.40. The lowest BCUT2D eigenvalue weighted by Gasteiger charge is -2.12. The molecular formula is C14H20O5S. The summed E-state index contributed by atoms with van der Waals surface area (Å²) < 4.78 is 29.4. The number of rotatable bonds is 6. The molecule has 0 saturated heterocycles. The van der Waals surface area contributed by atoms with E-state index >= 15 is 0 Å². The summed E-state index contributed by atoms with van der Waals surface area (Å²) in [5.41, 5.74) is 1.83. The van der Waals surface area contributed by atoms with Crippen molar-refractivity contribution >= 4 is 15.8 Å². The van der Waals surface area contributed by atoms with E-state index in [4.69, 9.17) is 9.84 Å². The zero-order valence-corrected chi connectivity index (χ0v) is 12.8. The van der Waals surface area contributed by atoms with Gasteiger partial charge in [0.05, 0.1) is 30.3 Å². The molecule has 0 amide bonds. The van der Waals surface area contributed by atoms with Gasteiger partial charge in [-0.05, 0) is 37.5 Å². The van der Waals surface area contributed by atoms with Gasteiger partial charge < -0.3 is 9.84 Å². The molecule has 5 nitrogen and oxygen atoms in total. The van der Waals surface area contributed by atoms with Crippen molar-refractivity contribution in [1.82, 2.24) is 0 Å². The van der Waals surface area contributed by atoms with Gasteiger partial charge in [0.2, 0.25) is 0 Å². The standard InChI is InChI=1S/C14H20O5S/c1-4-19-13(16)5-6-20(17,18)14-10(2)7-12(9-15)8-11(14)3/h7-8,15H,4-6,9H2,1-3H3. The second kappa shape index (κ2) is 6.85. The maximum atomic E-state index is 12.3. The molecule has 1 aromatic rings. The lowest BCUT2D eigenvalue weighted by Crippen LogP contribution is -2.15. The summed E-state index contributed by atoms with van der Waals surface area (Å²) in [7, 11) is -3.54. The van der Waals surface area contributed by atoms with Crippen LogP contribution in [-0.2, 0) is 26.0 Å². The first kappa shape index (κ1) is 16.7. The summed E-state index contributed by atoms with van der Waals surface area (Å²) in [6.45, 7) is 5.15. The molecule has 1 rings (SSSR count). The van der Waals surface area contributed by atoms with E-state index in [-0.39, 0.29) is 30.3 Å². The van der Waals surface area contributed by atoms with Crippen LogP contribution in [0.2, 0.25) is 0 Å². The summed E-state index contributed by atoms with van der Waals surface area (Å²) in [4.78, 5) is 11.5. The fourth-order valence-corrected chi connectivity index (χ4v) is 3.91. The lowest BCUT2D eigenvalue weighted by molar-refractivity contribution is -0.142. The van der Waals surface area contributed by atoms with Gasteiger partial charge in [0.25, 0.3) is 0 Å². The molecule has 6 heteroatoms. The Morgan fingerprint density at radius 1 is 1.25 bits per heavy atom. The van der Waals surface area contributed by atoms with Crippen LogP contribution in [0.4, 0.5) is 0 Å². The Morgan fingerprint density at radius 2 is 1.80 bits per heavy atom. The van der Waals surface area contributed by atoms with Crippen LogP contribution in [0.5, 0.6) is 0 Å². The number of carbonyl (C=O) groups excluding carboxylic acids is 1. The van der Waals surface area contributed by atoms with Gasteiger partial charge in [-0.15, -0.1) is 0 Å². The van der Waals surface area contributed by atoms with E-state index < -0.39 is 15.8 Å². The first-order valence-corrected chi connectivity index (χ1v) is 8.06. The van der Waals surface area contributed by atoms with Crippen LogP contribution in [-0.4, -0.2) is 31.9 Å². The molecule has 1 aromatic carbocycles. The predicted octanol–water partition coefficient (Wildman–Crippen LogP) is 1.52. The Labute approximate surface area is 119 Å². The highest BCUT2D eigenvalue weighted by atomic mass is 32.2. The first-order chi connectivity index (χ1) is 9.31. The second-order valence-corrected chi connectivity index (χ2v) is 6.64. The van der Waals surface area contributed by atoms with E-state index in [0.29, 0.717) is 16.7 Å². The highest BCUT2D eigenvalue weighted by Crippen LogP contribution is 2.23. The Morgan fingerprint density at radius 3 is 2.25 bits per heavy atom. The molecule has 0 unspecified atom stereocenters. The molecule has 112 valence electrons. The minimum Gasteiger partial charge on any atom is -0.466 e. The fraction of sp³-hybridized carbons (Fsp3) is 0.500. The van der Waals surface area contributed by atoms with E-state index in [2.05, 4.69) is 0 Å². The molecule has 0 aliphatic rings. The highest BCUT2D eigenvalue weighted by Gasteiger charge is 2.21. The third kappa shape index (κ3) is 4.05. The van der Waals surface area contributed by atoms with Crippen molar-refractivity contribution in [2.24, 2.45) is 0 Å². The molecule has 0 radical (unpaired) electrons. The first-order valence-electron chi connectivity index (χ1n) is 6.41.